The molecule has 1 saturated heterocycles. The van der Waals surface area contributed by atoms with Gasteiger partial charge in [-0.15, -0.1) is 11.3 Å². The summed E-state index contributed by atoms with van der Waals surface area (Å²) in [4.78, 5) is 46.0. The van der Waals surface area contributed by atoms with Crippen LogP contribution in [0.3, 0.4) is 0 Å². The van der Waals surface area contributed by atoms with Crippen LogP contribution in [0.5, 0.6) is 0 Å². The van der Waals surface area contributed by atoms with Gasteiger partial charge in [0.1, 0.15) is 11.5 Å². The van der Waals surface area contributed by atoms with Crippen molar-refractivity contribution in [3.63, 3.8) is 0 Å². The predicted molar refractivity (Wildman–Crippen MR) is 151 cm³/mol. The molecule has 0 radical (unpaired) electrons. The molecule has 3 aromatic carbocycles. The van der Waals surface area contributed by atoms with Gasteiger partial charge in [0.05, 0.1) is 10.9 Å². The Morgan fingerprint density at radius 1 is 0.842 bits per heavy atom. The summed E-state index contributed by atoms with van der Waals surface area (Å²) in [6.07, 6.45) is 3.80. The minimum Gasteiger partial charge on any atom is -0.352 e. The van der Waals surface area contributed by atoms with E-state index in [1.54, 1.807) is 48.5 Å². The molecule has 0 bridgehead atoms. The molecule has 1 aliphatic carbocycles. The van der Waals surface area contributed by atoms with Crippen molar-refractivity contribution in [3.05, 3.63) is 127 Å². The van der Waals surface area contributed by atoms with Gasteiger partial charge in [-0.2, -0.15) is 0 Å². The molecule has 1 spiro atoms. The maximum atomic E-state index is 14.5. The lowest BCUT2D eigenvalue weighted by atomic mass is 9.64. The number of thiophene rings is 1. The van der Waals surface area contributed by atoms with E-state index in [0.29, 0.717) is 26.0 Å². The third-order valence-corrected chi connectivity index (χ3v) is 9.40. The molecule has 1 aromatic heterocycles. The lowest BCUT2D eigenvalue weighted by Gasteiger charge is -2.37. The molecule has 7 heteroatoms. The quantitative estimate of drug-likeness (QED) is 0.195. The lowest BCUT2D eigenvalue weighted by molar-refractivity contribution is 0.0666. The van der Waals surface area contributed by atoms with E-state index in [2.05, 4.69) is 0 Å². The van der Waals surface area contributed by atoms with Crippen LogP contribution in [0.4, 0.5) is 5.69 Å². The lowest BCUT2D eigenvalue weighted by Crippen LogP contribution is -2.48. The normalized spacial score (nSPS) is 22.5. The van der Waals surface area contributed by atoms with E-state index in [4.69, 9.17) is 23.2 Å². The van der Waals surface area contributed by atoms with Crippen molar-refractivity contribution >= 4 is 63.7 Å². The van der Waals surface area contributed by atoms with Gasteiger partial charge < -0.3 is 4.90 Å². The fraction of sp³-hybridized carbons (Fsp3) is 0.129. The number of benzene rings is 3. The van der Waals surface area contributed by atoms with Crippen LogP contribution in [0.2, 0.25) is 10.0 Å². The van der Waals surface area contributed by atoms with E-state index >= 15 is 0 Å². The molecule has 4 nitrogen and oxygen atoms in total. The van der Waals surface area contributed by atoms with Gasteiger partial charge in [-0.3, -0.25) is 14.4 Å². The maximum Gasteiger partial charge on any atom is 0.195 e. The molecule has 0 saturated carbocycles. The Bertz CT molecular complexity index is 1640. The first-order chi connectivity index (χ1) is 18.4. The molecule has 186 valence electrons. The second kappa shape index (κ2) is 8.50. The minimum absolute atomic E-state index is 0.130. The molecule has 1 fully saturated rings. The molecule has 0 N–H and O–H groups in total. The Kier molecular flexibility index (Phi) is 5.28. The number of ketones is 3. The molecule has 0 amide bonds. The topological polar surface area (TPSA) is 54.5 Å². The molecule has 38 heavy (non-hydrogen) atoms. The zero-order chi connectivity index (χ0) is 26.2. The van der Waals surface area contributed by atoms with Gasteiger partial charge in [-0.1, -0.05) is 77.8 Å². The van der Waals surface area contributed by atoms with E-state index in [9.17, 15) is 14.4 Å². The number of halogens is 2. The van der Waals surface area contributed by atoms with E-state index < -0.39 is 23.4 Å². The van der Waals surface area contributed by atoms with Gasteiger partial charge in [-0.05, 0) is 52.9 Å². The van der Waals surface area contributed by atoms with Gasteiger partial charge in [-0.25, -0.2) is 0 Å². The number of rotatable bonds is 3. The first-order valence-corrected chi connectivity index (χ1v) is 13.8. The third kappa shape index (κ3) is 3.07. The van der Waals surface area contributed by atoms with Crippen molar-refractivity contribution in [2.45, 2.75) is 18.0 Å². The van der Waals surface area contributed by atoms with Crippen molar-refractivity contribution in [2.24, 2.45) is 5.41 Å². The third-order valence-electron chi connectivity index (χ3n) is 8.03. The summed E-state index contributed by atoms with van der Waals surface area (Å²) < 4.78 is 0. The average molecular weight is 556 g/mol. The molecule has 3 aliphatic rings. The van der Waals surface area contributed by atoms with Crippen LogP contribution >= 0.6 is 34.5 Å². The summed E-state index contributed by atoms with van der Waals surface area (Å²) in [5.41, 5.74) is 1.59. The highest BCUT2D eigenvalue weighted by Crippen LogP contribution is 2.61. The number of carbonyl (C=O) groups is 3. The van der Waals surface area contributed by atoms with E-state index in [-0.39, 0.29) is 17.3 Å². The Labute approximate surface area is 233 Å². The fourth-order valence-corrected chi connectivity index (χ4v) is 7.56. The number of anilines is 1. The van der Waals surface area contributed by atoms with Gasteiger partial charge in [0, 0.05) is 32.8 Å². The highest BCUT2D eigenvalue weighted by molar-refractivity contribution is 7.12. The summed E-state index contributed by atoms with van der Waals surface area (Å²) in [5, 5.41) is 2.96. The smallest absolute Gasteiger partial charge is 0.195 e. The number of fused-ring (bicyclic) bond motifs is 5. The molecule has 4 aromatic rings. The van der Waals surface area contributed by atoms with Crippen molar-refractivity contribution < 1.29 is 14.4 Å². The fourth-order valence-electron chi connectivity index (χ4n) is 6.56. The molecular weight excluding hydrogens is 537 g/mol. The second-order valence-corrected chi connectivity index (χ2v) is 11.6. The molecule has 3 heterocycles. The summed E-state index contributed by atoms with van der Waals surface area (Å²) in [6, 6.07) is 21.8. The van der Waals surface area contributed by atoms with Crippen LogP contribution in [-0.2, 0) is 0 Å². The highest BCUT2D eigenvalue weighted by Gasteiger charge is 2.71. The summed E-state index contributed by atoms with van der Waals surface area (Å²) >= 11 is 13.9. The van der Waals surface area contributed by atoms with Crippen LogP contribution in [-0.4, -0.2) is 29.4 Å². The van der Waals surface area contributed by atoms with E-state index in [1.165, 1.54) is 11.3 Å². The molecule has 7 rings (SSSR count). The largest absolute Gasteiger partial charge is 0.352 e. The second-order valence-electron chi connectivity index (χ2n) is 9.80. The summed E-state index contributed by atoms with van der Waals surface area (Å²) in [6.45, 7) is 0. The Morgan fingerprint density at radius 2 is 1.53 bits per heavy atom. The Hall–Kier alpha value is -3.51. The predicted octanol–water partition coefficient (Wildman–Crippen LogP) is 7.37. The SMILES string of the molecule is O=C(c1cccs1)[C@@H]1[C@@H](c2ccc(Cl)cc2)C2(C(=O)c3ccccc3C2=O)[C@@H]2C=Cc3cc(Cl)ccc3N12. The number of carbonyl (C=O) groups excluding carboxylic acids is 3. The first kappa shape index (κ1) is 23.6. The van der Waals surface area contributed by atoms with Crippen LogP contribution < -0.4 is 4.90 Å². The average Bonchev–Trinajstić information content (AvgIpc) is 3.62. The molecule has 0 unspecified atom stereocenters. The van der Waals surface area contributed by atoms with E-state index in [1.807, 2.05) is 52.8 Å². The van der Waals surface area contributed by atoms with Gasteiger partial charge >= 0.3 is 0 Å². The van der Waals surface area contributed by atoms with Crippen LogP contribution in [0.1, 0.15) is 47.4 Å². The maximum absolute atomic E-state index is 14.5. The zero-order valence-electron chi connectivity index (χ0n) is 19.8. The van der Waals surface area contributed by atoms with Crippen molar-refractivity contribution in [3.8, 4) is 0 Å². The van der Waals surface area contributed by atoms with Crippen LogP contribution in [0.15, 0.2) is 90.3 Å². The van der Waals surface area contributed by atoms with Gasteiger partial charge in [0.25, 0.3) is 0 Å². The first-order valence-electron chi connectivity index (χ1n) is 12.2. The summed E-state index contributed by atoms with van der Waals surface area (Å²) in [7, 11) is 0. The molecule has 3 atom stereocenters. The van der Waals surface area contributed by atoms with E-state index in [0.717, 1.165) is 16.8 Å². The standard InChI is InChI=1S/C31H19Cl2NO3S/c32-19-10-7-17(8-11-19)26-27(28(35)24-6-3-15-38-24)34-23-13-12-20(33)16-18(23)9-14-25(34)31(26)29(36)21-4-1-2-5-22(21)30(31)37/h1-16,25-27H/t25-,26+,27-/m0/s1. The molecular formula is C31H19Cl2NO3S. The van der Waals surface area contributed by atoms with Crippen molar-refractivity contribution in [2.75, 3.05) is 4.90 Å². The number of Topliss-reactive ketones (excluding diaryl/α,β-unsaturated/α-hetero) is 3. The Balaban J connectivity index is 1.56. The monoisotopic (exact) mass is 555 g/mol. The van der Waals surface area contributed by atoms with Crippen LogP contribution in [0, 0.1) is 5.41 Å². The highest BCUT2D eigenvalue weighted by atomic mass is 35.5. The number of hydrogen-bond acceptors (Lipinski definition) is 5. The van der Waals surface area contributed by atoms with Gasteiger partial charge in [0.15, 0.2) is 17.3 Å². The number of nitrogens with zero attached hydrogens (tertiary/aromatic N) is 1. The summed E-state index contributed by atoms with van der Waals surface area (Å²) in [5.74, 6) is -1.39. The zero-order valence-corrected chi connectivity index (χ0v) is 22.1. The number of hydrogen-bond donors (Lipinski definition) is 0. The van der Waals surface area contributed by atoms with Crippen molar-refractivity contribution in [1.82, 2.24) is 0 Å². The Morgan fingerprint density at radius 3 is 2.18 bits per heavy atom. The molecule has 2 aliphatic heterocycles. The minimum atomic E-state index is -1.52. The van der Waals surface area contributed by atoms with Crippen molar-refractivity contribution in [1.29, 1.82) is 0 Å². The van der Waals surface area contributed by atoms with Gasteiger partial charge in [0.2, 0.25) is 0 Å². The van der Waals surface area contributed by atoms with Crippen LogP contribution in [0.25, 0.3) is 6.08 Å².